The molecule has 0 spiro atoms. The van der Waals surface area contributed by atoms with Crippen LogP contribution in [0.15, 0.2) is 35.1 Å². The number of hydrogen-bond donors (Lipinski definition) is 3. The van der Waals surface area contributed by atoms with Gasteiger partial charge >= 0.3 is 5.97 Å². The highest BCUT2D eigenvalue weighted by atomic mass is 32.1. The Bertz CT molecular complexity index is 792. The number of carbonyl (C=O) groups excluding carboxylic acids is 1. The SMILES string of the molecule is COC(=O)/C(=C\c1cccc(O)c1)c1cc(=O)[nH]c(=S)[nH]1. The van der Waals surface area contributed by atoms with Crippen molar-refractivity contribution in [3.8, 4) is 5.75 Å². The molecule has 0 saturated carbocycles. The second-order valence-electron chi connectivity index (χ2n) is 4.15. The smallest absolute Gasteiger partial charge is 0.339 e. The zero-order valence-electron chi connectivity index (χ0n) is 11.0. The van der Waals surface area contributed by atoms with Crippen LogP contribution in [0.3, 0.4) is 0 Å². The average molecular weight is 304 g/mol. The number of aromatic nitrogens is 2. The summed E-state index contributed by atoms with van der Waals surface area (Å²) in [6.45, 7) is 0. The quantitative estimate of drug-likeness (QED) is 0.457. The fraction of sp³-hybridized carbons (Fsp3) is 0.0714. The van der Waals surface area contributed by atoms with Gasteiger partial charge in [-0.2, -0.15) is 0 Å². The maximum atomic E-state index is 11.9. The molecular formula is C14H12N2O4S. The van der Waals surface area contributed by atoms with Crippen LogP contribution in [0.1, 0.15) is 11.3 Å². The van der Waals surface area contributed by atoms with Crippen LogP contribution in [0, 0.1) is 4.77 Å². The number of nitrogens with one attached hydrogen (secondary N) is 2. The third kappa shape index (κ3) is 3.67. The number of rotatable bonds is 3. The van der Waals surface area contributed by atoms with Crippen molar-refractivity contribution >= 4 is 29.8 Å². The maximum absolute atomic E-state index is 11.9. The fourth-order valence-electron chi connectivity index (χ4n) is 1.75. The van der Waals surface area contributed by atoms with Crippen LogP contribution in [0.25, 0.3) is 11.6 Å². The molecule has 0 radical (unpaired) electrons. The number of aromatic amines is 2. The summed E-state index contributed by atoms with van der Waals surface area (Å²) in [6.07, 6.45) is 1.49. The molecule has 2 aromatic rings. The van der Waals surface area contributed by atoms with E-state index in [-0.39, 0.29) is 21.8 Å². The molecule has 3 N–H and O–H groups in total. The number of H-pyrrole nitrogens is 2. The lowest BCUT2D eigenvalue weighted by atomic mass is 10.1. The lowest BCUT2D eigenvalue weighted by Gasteiger charge is -2.06. The molecule has 0 aliphatic rings. The van der Waals surface area contributed by atoms with E-state index in [1.807, 2.05) is 0 Å². The molecule has 1 heterocycles. The first kappa shape index (κ1) is 14.7. The monoisotopic (exact) mass is 304 g/mol. The minimum atomic E-state index is -0.630. The van der Waals surface area contributed by atoms with Gasteiger partial charge in [-0.15, -0.1) is 0 Å². The first-order chi connectivity index (χ1) is 9.99. The first-order valence-electron chi connectivity index (χ1n) is 5.92. The molecule has 1 aromatic heterocycles. The van der Waals surface area contributed by atoms with Crippen molar-refractivity contribution < 1.29 is 14.6 Å². The molecule has 0 bridgehead atoms. The van der Waals surface area contributed by atoms with Crippen molar-refractivity contribution in [3.05, 3.63) is 56.7 Å². The van der Waals surface area contributed by atoms with E-state index in [9.17, 15) is 14.7 Å². The normalized spacial score (nSPS) is 11.2. The number of benzene rings is 1. The largest absolute Gasteiger partial charge is 0.508 e. The Morgan fingerprint density at radius 3 is 2.71 bits per heavy atom. The lowest BCUT2D eigenvalue weighted by Crippen LogP contribution is -2.12. The number of phenols is 1. The van der Waals surface area contributed by atoms with Crippen LogP contribution in [0.4, 0.5) is 0 Å². The average Bonchev–Trinajstić information content (AvgIpc) is 2.43. The molecular weight excluding hydrogens is 292 g/mol. The van der Waals surface area contributed by atoms with Crippen LogP contribution in [0.2, 0.25) is 0 Å². The highest BCUT2D eigenvalue weighted by Gasteiger charge is 2.14. The van der Waals surface area contributed by atoms with E-state index in [0.29, 0.717) is 5.56 Å². The molecule has 0 aliphatic heterocycles. The molecule has 0 fully saturated rings. The summed E-state index contributed by atoms with van der Waals surface area (Å²) in [4.78, 5) is 28.5. The van der Waals surface area contributed by atoms with Crippen LogP contribution in [-0.4, -0.2) is 28.2 Å². The predicted molar refractivity (Wildman–Crippen MR) is 80.2 cm³/mol. The zero-order valence-corrected chi connectivity index (χ0v) is 11.9. The van der Waals surface area contributed by atoms with Gasteiger partial charge < -0.3 is 14.8 Å². The summed E-state index contributed by atoms with van der Waals surface area (Å²) < 4.78 is 4.81. The van der Waals surface area contributed by atoms with E-state index >= 15 is 0 Å². The van der Waals surface area contributed by atoms with Crippen molar-refractivity contribution in [1.82, 2.24) is 9.97 Å². The van der Waals surface area contributed by atoms with Crippen LogP contribution in [-0.2, 0) is 9.53 Å². The van der Waals surface area contributed by atoms with Gasteiger partial charge in [0.05, 0.1) is 18.4 Å². The minimum Gasteiger partial charge on any atom is -0.508 e. The van der Waals surface area contributed by atoms with E-state index < -0.39 is 11.5 Å². The van der Waals surface area contributed by atoms with E-state index in [1.165, 1.54) is 31.4 Å². The number of ether oxygens (including phenoxy) is 1. The van der Waals surface area contributed by atoms with Crippen molar-refractivity contribution in [1.29, 1.82) is 0 Å². The number of methoxy groups -OCH3 is 1. The van der Waals surface area contributed by atoms with Gasteiger partial charge in [0.15, 0.2) is 4.77 Å². The Morgan fingerprint density at radius 1 is 1.33 bits per heavy atom. The van der Waals surface area contributed by atoms with E-state index in [0.717, 1.165) is 0 Å². The van der Waals surface area contributed by atoms with Crippen LogP contribution >= 0.6 is 12.2 Å². The van der Waals surface area contributed by atoms with Gasteiger partial charge in [0.2, 0.25) is 0 Å². The van der Waals surface area contributed by atoms with Crippen molar-refractivity contribution in [3.63, 3.8) is 0 Å². The molecule has 0 atom stereocenters. The Hall–Kier alpha value is -2.67. The summed E-state index contributed by atoms with van der Waals surface area (Å²) in [5.74, 6) is -0.568. The number of aromatic hydroxyl groups is 1. The number of carbonyl (C=O) groups is 1. The zero-order chi connectivity index (χ0) is 15.4. The van der Waals surface area contributed by atoms with Crippen molar-refractivity contribution in [2.24, 2.45) is 0 Å². The van der Waals surface area contributed by atoms with Crippen LogP contribution in [0.5, 0.6) is 5.75 Å². The van der Waals surface area contributed by atoms with E-state index in [1.54, 1.807) is 12.1 Å². The third-order valence-corrected chi connectivity index (χ3v) is 2.84. The Balaban J connectivity index is 2.61. The number of phenolic OH excluding ortho intramolecular Hbond substituents is 1. The van der Waals surface area contributed by atoms with Gasteiger partial charge in [-0.1, -0.05) is 12.1 Å². The minimum absolute atomic E-state index is 0.0619. The van der Waals surface area contributed by atoms with E-state index in [2.05, 4.69) is 9.97 Å². The highest BCUT2D eigenvalue weighted by Crippen LogP contribution is 2.19. The van der Waals surface area contributed by atoms with Crippen molar-refractivity contribution in [2.75, 3.05) is 7.11 Å². The van der Waals surface area contributed by atoms with Gasteiger partial charge in [0, 0.05) is 6.07 Å². The molecule has 21 heavy (non-hydrogen) atoms. The van der Waals surface area contributed by atoms with Crippen LogP contribution < -0.4 is 5.56 Å². The van der Waals surface area contributed by atoms with Gasteiger partial charge in [-0.05, 0) is 36.0 Å². The fourth-order valence-corrected chi connectivity index (χ4v) is 1.96. The Morgan fingerprint density at radius 2 is 2.10 bits per heavy atom. The first-order valence-corrected chi connectivity index (χ1v) is 6.33. The standard InChI is InChI=1S/C14H12N2O4S/c1-20-13(19)10(6-8-3-2-4-9(17)5-8)11-7-12(18)16-14(21)15-11/h2-7,17H,1H3,(H2,15,16,18,21)/b10-6-. The molecule has 0 unspecified atom stereocenters. The Kier molecular flexibility index (Phi) is 4.34. The molecule has 0 amide bonds. The van der Waals surface area contributed by atoms with Gasteiger partial charge in [0.25, 0.3) is 5.56 Å². The highest BCUT2D eigenvalue weighted by molar-refractivity contribution is 7.71. The van der Waals surface area contributed by atoms with Gasteiger partial charge in [-0.25, -0.2) is 4.79 Å². The lowest BCUT2D eigenvalue weighted by molar-refractivity contribution is -0.133. The Labute approximate surface area is 124 Å². The van der Waals surface area contributed by atoms with Crippen molar-refractivity contribution in [2.45, 2.75) is 0 Å². The molecule has 7 heteroatoms. The van der Waals surface area contributed by atoms with Gasteiger partial charge in [0.1, 0.15) is 5.75 Å². The maximum Gasteiger partial charge on any atom is 0.339 e. The molecule has 0 aliphatic carbocycles. The molecule has 108 valence electrons. The summed E-state index contributed by atoms with van der Waals surface area (Å²) in [5.41, 5.74) is 0.508. The molecule has 1 aromatic carbocycles. The summed E-state index contributed by atoms with van der Waals surface area (Å²) >= 11 is 4.88. The summed E-state index contributed by atoms with van der Waals surface area (Å²) in [5, 5.41) is 9.46. The second kappa shape index (κ2) is 6.19. The third-order valence-electron chi connectivity index (χ3n) is 2.64. The molecule has 6 nitrogen and oxygen atoms in total. The number of hydrogen-bond acceptors (Lipinski definition) is 5. The summed E-state index contributed by atoms with van der Waals surface area (Å²) in [6, 6.07) is 7.53. The number of esters is 1. The topological polar surface area (TPSA) is 95.2 Å². The molecule has 0 saturated heterocycles. The van der Waals surface area contributed by atoms with E-state index in [4.69, 9.17) is 17.0 Å². The van der Waals surface area contributed by atoms with Gasteiger partial charge in [-0.3, -0.25) is 9.78 Å². The predicted octanol–water partition coefficient (Wildman–Crippen LogP) is 1.85. The molecule has 2 rings (SSSR count). The second-order valence-corrected chi connectivity index (χ2v) is 4.55. The summed E-state index contributed by atoms with van der Waals surface area (Å²) in [7, 11) is 1.24.